The Bertz CT molecular complexity index is 1200. The summed E-state index contributed by atoms with van der Waals surface area (Å²) in [7, 11) is 0. The Kier molecular flexibility index (Phi) is 6.99. The van der Waals surface area contributed by atoms with E-state index >= 15 is 0 Å². The molecule has 36 heavy (non-hydrogen) atoms. The number of carbonyl (C=O) groups is 1. The molecule has 0 spiro atoms. The third-order valence-corrected chi connectivity index (χ3v) is 6.83. The van der Waals surface area contributed by atoms with Crippen LogP contribution in [-0.4, -0.2) is 56.2 Å². The molecule has 0 radical (unpaired) electrons. The summed E-state index contributed by atoms with van der Waals surface area (Å²) in [5.74, 6) is 1.01. The van der Waals surface area contributed by atoms with E-state index in [2.05, 4.69) is 44.4 Å². The monoisotopic (exact) mass is 501 g/mol. The van der Waals surface area contributed by atoms with Crippen LogP contribution in [0.1, 0.15) is 69.6 Å². The van der Waals surface area contributed by atoms with Crippen molar-refractivity contribution in [1.82, 2.24) is 24.6 Å². The second-order valence-electron chi connectivity index (χ2n) is 9.82. The lowest BCUT2D eigenvalue weighted by atomic mass is 10.0. The van der Waals surface area contributed by atoms with Crippen LogP contribution in [-0.2, 0) is 0 Å². The van der Waals surface area contributed by atoms with E-state index in [0.29, 0.717) is 23.3 Å². The first kappa shape index (κ1) is 24.4. The van der Waals surface area contributed by atoms with Gasteiger partial charge in [0.05, 0.1) is 11.7 Å². The summed E-state index contributed by atoms with van der Waals surface area (Å²) in [6, 6.07) is 4.00. The minimum atomic E-state index is -2.82. The van der Waals surface area contributed by atoms with Gasteiger partial charge in [0.15, 0.2) is 11.4 Å². The van der Waals surface area contributed by atoms with Crippen LogP contribution in [0.3, 0.4) is 0 Å². The highest BCUT2D eigenvalue weighted by Gasteiger charge is 2.27. The summed E-state index contributed by atoms with van der Waals surface area (Å²) in [5.41, 5.74) is 0.198. The van der Waals surface area contributed by atoms with Crippen molar-refractivity contribution in [3.8, 4) is 11.5 Å². The van der Waals surface area contributed by atoms with E-state index in [1.165, 1.54) is 25.3 Å². The van der Waals surface area contributed by atoms with Gasteiger partial charge in [0, 0.05) is 45.1 Å². The lowest BCUT2D eigenvalue weighted by Crippen LogP contribution is -2.39. The molecule has 2 fully saturated rings. The van der Waals surface area contributed by atoms with E-state index < -0.39 is 18.0 Å². The number of piperidine rings is 1. The molecule has 1 saturated heterocycles. The minimum Gasteiger partial charge on any atom is -0.444 e. The zero-order valence-corrected chi connectivity index (χ0v) is 20.5. The molecule has 1 saturated carbocycles. The summed E-state index contributed by atoms with van der Waals surface area (Å²) in [6.45, 7) is 6.91. The van der Waals surface area contributed by atoms with Crippen molar-refractivity contribution in [2.24, 2.45) is 5.92 Å². The highest BCUT2D eigenvalue weighted by Crippen LogP contribution is 2.31. The SMILES string of the molecule is CC(C)N1CCC(n2cc(NC(=O)c3coc(-c4ccnc(NCC5CC5)c4)n3)c(C(F)F)n2)CC1.[HH]. The molecule has 5 rings (SSSR count). The number of carbonyl (C=O) groups excluding carboxylic acids is 1. The average Bonchev–Trinajstić information content (AvgIpc) is 3.39. The van der Waals surface area contributed by atoms with E-state index in [1.807, 2.05) is 0 Å². The molecule has 4 heterocycles. The molecule has 9 nitrogen and oxygen atoms in total. The topological polar surface area (TPSA) is 101 Å². The van der Waals surface area contributed by atoms with Gasteiger partial charge in [-0.2, -0.15) is 5.10 Å². The second kappa shape index (κ2) is 10.3. The fraction of sp³-hybridized carbons (Fsp3) is 0.520. The second-order valence-corrected chi connectivity index (χ2v) is 9.82. The fourth-order valence-electron chi connectivity index (χ4n) is 4.44. The van der Waals surface area contributed by atoms with Gasteiger partial charge < -0.3 is 20.0 Å². The van der Waals surface area contributed by atoms with Gasteiger partial charge in [-0.3, -0.25) is 9.48 Å². The lowest BCUT2D eigenvalue weighted by molar-refractivity contribution is 0.102. The first-order valence-electron chi connectivity index (χ1n) is 12.5. The molecule has 2 N–H and O–H groups in total. The van der Waals surface area contributed by atoms with Crippen LogP contribution in [0.25, 0.3) is 11.5 Å². The Balaban J connectivity index is 0.00000320. The van der Waals surface area contributed by atoms with Crippen LogP contribution in [0.2, 0.25) is 0 Å². The first-order chi connectivity index (χ1) is 17.4. The number of amides is 1. The van der Waals surface area contributed by atoms with Crippen LogP contribution < -0.4 is 10.6 Å². The number of anilines is 2. The maximum Gasteiger partial charge on any atom is 0.284 e. The number of hydrogen-bond acceptors (Lipinski definition) is 7. The smallest absolute Gasteiger partial charge is 0.284 e. The molecule has 0 bridgehead atoms. The van der Waals surface area contributed by atoms with E-state index in [4.69, 9.17) is 4.42 Å². The molecule has 2 aliphatic rings. The van der Waals surface area contributed by atoms with E-state index in [1.54, 1.807) is 23.0 Å². The summed E-state index contributed by atoms with van der Waals surface area (Å²) >= 11 is 0. The van der Waals surface area contributed by atoms with Gasteiger partial charge in [-0.25, -0.2) is 18.7 Å². The van der Waals surface area contributed by atoms with Crippen molar-refractivity contribution in [3.63, 3.8) is 0 Å². The predicted molar refractivity (Wildman–Crippen MR) is 133 cm³/mol. The third kappa shape index (κ3) is 5.56. The standard InChI is InChI=1S/C25H31F2N7O2.H2/c1-15(2)33-9-6-18(7-10-33)34-13-19(22(32-34)23(26)27)30-24(35)20-14-36-25(31-20)17-5-8-28-21(11-17)29-12-16-3-4-16;/h5,8,11,13-16,18,23H,3-4,6-7,9-10,12H2,1-2H3,(H,28,29)(H,30,35);1H. The molecule has 0 aromatic carbocycles. The Hall–Kier alpha value is -3.34. The maximum atomic E-state index is 13.7. The average molecular weight is 502 g/mol. The summed E-state index contributed by atoms with van der Waals surface area (Å²) in [5, 5.41) is 9.96. The quantitative estimate of drug-likeness (QED) is 0.414. The molecule has 194 valence electrons. The molecule has 11 heteroatoms. The zero-order chi connectivity index (χ0) is 25.2. The number of oxazole rings is 1. The van der Waals surface area contributed by atoms with E-state index in [9.17, 15) is 13.6 Å². The van der Waals surface area contributed by atoms with Gasteiger partial charge in [0.2, 0.25) is 5.89 Å². The molecular weight excluding hydrogens is 468 g/mol. The molecule has 3 aromatic rings. The van der Waals surface area contributed by atoms with Crippen LogP contribution in [0.5, 0.6) is 0 Å². The Morgan fingerprint density at radius 3 is 2.72 bits per heavy atom. The zero-order valence-electron chi connectivity index (χ0n) is 20.5. The highest BCUT2D eigenvalue weighted by atomic mass is 19.3. The van der Waals surface area contributed by atoms with E-state index in [-0.39, 0.29) is 24.7 Å². The summed E-state index contributed by atoms with van der Waals surface area (Å²) in [4.78, 5) is 23.8. The lowest BCUT2D eigenvalue weighted by Gasteiger charge is -2.34. The van der Waals surface area contributed by atoms with Crippen LogP contribution >= 0.6 is 0 Å². The Morgan fingerprint density at radius 1 is 1.25 bits per heavy atom. The number of nitrogens with one attached hydrogen (secondary N) is 2. The molecule has 0 atom stereocenters. The van der Waals surface area contributed by atoms with Gasteiger partial charge in [-0.05, 0) is 57.6 Å². The summed E-state index contributed by atoms with van der Waals surface area (Å²) in [6.07, 6.45) is 5.63. The van der Waals surface area contributed by atoms with E-state index in [0.717, 1.165) is 32.5 Å². The van der Waals surface area contributed by atoms with Crippen molar-refractivity contribution in [2.75, 3.05) is 30.3 Å². The van der Waals surface area contributed by atoms with Crippen molar-refractivity contribution >= 4 is 17.4 Å². The number of halogens is 2. The highest BCUT2D eigenvalue weighted by molar-refractivity contribution is 6.03. The van der Waals surface area contributed by atoms with Crippen LogP contribution in [0.15, 0.2) is 35.2 Å². The molecule has 1 aliphatic heterocycles. The predicted octanol–water partition coefficient (Wildman–Crippen LogP) is 5.24. The molecule has 1 amide bonds. The largest absolute Gasteiger partial charge is 0.444 e. The third-order valence-electron chi connectivity index (χ3n) is 6.83. The van der Waals surface area contributed by atoms with Crippen molar-refractivity contribution in [3.05, 3.63) is 42.2 Å². The van der Waals surface area contributed by atoms with Gasteiger partial charge in [0.25, 0.3) is 12.3 Å². The van der Waals surface area contributed by atoms with Crippen LogP contribution in [0, 0.1) is 5.92 Å². The van der Waals surface area contributed by atoms with Gasteiger partial charge in [-0.15, -0.1) is 0 Å². The first-order valence-corrected chi connectivity index (χ1v) is 12.5. The number of likely N-dealkylation sites (tertiary alicyclic amines) is 1. The van der Waals surface area contributed by atoms with Gasteiger partial charge in [0.1, 0.15) is 12.1 Å². The number of aromatic nitrogens is 4. The minimum absolute atomic E-state index is 0. The Morgan fingerprint density at radius 2 is 2.03 bits per heavy atom. The number of hydrogen-bond donors (Lipinski definition) is 2. The van der Waals surface area contributed by atoms with Crippen molar-refractivity contribution in [1.29, 1.82) is 0 Å². The molecule has 0 unspecified atom stereocenters. The number of alkyl halides is 2. The van der Waals surface area contributed by atoms with Crippen molar-refractivity contribution in [2.45, 2.75) is 58.0 Å². The van der Waals surface area contributed by atoms with Gasteiger partial charge >= 0.3 is 0 Å². The molecule has 3 aromatic heterocycles. The normalized spacial score (nSPS) is 17.2. The fourth-order valence-corrected chi connectivity index (χ4v) is 4.44. The molecular formula is C25H33F2N7O2. The molecule has 1 aliphatic carbocycles. The maximum absolute atomic E-state index is 13.7. The van der Waals surface area contributed by atoms with Crippen molar-refractivity contribution < 1.29 is 19.4 Å². The number of rotatable bonds is 9. The summed E-state index contributed by atoms with van der Waals surface area (Å²) < 4.78 is 34.5. The van der Waals surface area contributed by atoms with Gasteiger partial charge in [-0.1, -0.05) is 0 Å². The number of pyridine rings is 1. The Labute approximate surface area is 209 Å². The number of nitrogens with zero attached hydrogens (tertiary/aromatic N) is 5. The van der Waals surface area contributed by atoms with Crippen LogP contribution in [0.4, 0.5) is 20.3 Å².